The van der Waals surface area contributed by atoms with Crippen LogP contribution >= 0.6 is 0 Å². The number of fused-ring (bicyclic) bond motifs is 4. The molecule has 0 spiro atoms. The second-order valence-electron chi connectivity index (χ2n) is 9.02. The van der Waals surface area contributed by atoms with Crippen molar-refractivity contribution in [3.8, 4) is 11.1 Å². The Balaban J connectivity index is 1.17. The van der Waals surface area contributed by atoms with Crippen LogP contribution in [0.25, 0.3) is 11.1 Å². The lowest BCUT2D eigenvalue weighted by atomic mass is 9.95. The number of anilines is 1. The molecule has 0 aromatic heterocycles. The zero-order valence-electron chi connectivity index (χ0n) is 17.9. The Morgan fingerprint density at radius 3 is 2.39 bits per heavy atom. The Hall–Kier alpha value is -2.60. The molecule has 1 amide bonds. The van der Waals surface area contributed by atoms with Crippen LogP contribution in [0.4, 0.5) is 14.9 Å². The Labute approximate surface area is 183 Å². The van der Waals surface area contributed by atoms with Gasteiger partial charge in [-0.15, -0.1) is 0 Å². The third-order valence-electron chi connectivity index (χ3n) is 6.96. The van der Waals surface area contributed by atoms with Crippen LogP contribution in [0.15, 0.2) is 48.5 Å². The standard InChI is InChI=1S/C25H30FN3O2/c26-22-6-4-20(5-7-22)21-2-1-3-23(17-21)28-12-14-29(15-13-28)25(30)31-24-16-19-8-10-27(18-24)11-9-19/h1-7,17,19,24H,8-16,18H2. The summed E-state index contributed by atoms with van der Waals surface area (Å²) in [6.45, 7) is 6.07. The number of hydrogen-bond donors (Lipinski definition) is 0. The number of amides is 1. The van der Waals surface area contributed by atoms with E-state index in [2.05, 4.69) is 21.9 Å². The smallest absolute Gasteiger partial charge is 0.410 e. The minimum absolute atomic E-state index is 0.0351. The van der Waals surface area contributed by atoms with Crippen molar-refractivity contribution in [2.75, 3.05) is 50.7 Å². The SMILES string of the molecule is O=C(OC1CC2CCN(CC2)C1)N1CCN(c2cccc(-c3ccc(F)cc3)c2)CC1. The fourth-order valence-electron chi connectivity index (χ4n) is 5.11. The monoisotopic (exact) mass is 423 g/mol. The summed E-state index contributed by atoms with van der Waals surface area (Å²) >= 11 is 0. The maximum absolute atomic E-state index is 13.2. The molecule has 6 heteroatoms. The molecule has 5 nitrogen and oxygen atoms in total. The van der Waals surface area contributed by atoms with Crippen molar-refractivity contribution in [2.24, 2.45) is 5.92 Å². The largest absolute Gasteiger partial charge is 0.445 e. The van der Waals surface area contributed by atoms with E-state index < -0.39 is 0 Å². The molecule has 2 aromatic rings. The maximum Gasteiger partial charge on any atom is 0.410 e. The molecule has 0 N–H and O–H groups in total. The number of halogens is 1. The lowest BCUT2D eigenvalue weighted by Crippen LogP contribution is -2.50. The van der Waals surface area contributed by atoms with Gasteiger partial charge >= 0.3 is 6.09 Å². The first-order valence-electron chi connectivity index (χ1n) is 11.4. The van der Waals surface area contributed by atoms with Gasteiger partial charge in [-0.25, -0.2) is 9.18 Å². The lowest BCUT2D eigenvalue weighted by molar-refractivity contribution is 0.0475. The number of carbonyl (C=O) groups excluding carboxylic acids is 1. The van der Waals surface area contributed by atoms with E-state index in [0.29, 0.717) is 19.0 Å². The molecule has 2 bridgehead atoms. The third-order valence-corrected chi connectivity index (χ3v) is 6.96. The number of piperidine rings is 1. The summed E-state index contributed by atoms with van der Waals surface area (Å²) in [5.41, 5.74) is 3.19. The van der Waals surface area contributed by atoms with E-state index in [0.717, 1.165) is 56.0 Å². The normalized spacial score (nSPS) is 25.9. The molecule has 4 saturated heterocycles. The first-order chi connectivity index (χ1) is 15.1. The van der Waals surface area contributed by atoms with Gasteiger partial charge in [0, 0.05) is 38.4 Å². The predicted molar refractivity (Wildman–Crippen MR) is 120 cm³/mol. The molecule has 4 heterocycles. The highest BCUT2D eigenvalue weighted by Crippen LogP contribution is 2.29. The van der Waals surface area contributed by atoms with Crippen molar-refractivity contribution in [2.45, 2.75) is 25.4 Å². The van der Waals surface area contributed by atoms with Crippen molar-refractivity contribution in [1.82, 2.24) is 9.80 Å². The highest BCUT2D eigenvalue weighted by Gasteiger charge is 2.32. The van der Waals surface area contributed by atoms with E-state index >= 15 is 0 Å². The Bertz CT molecular complexity index is 889. The first-order valence-corrected chi connectivity index (χ1v) is 11.4. The summed E-state index contributed by atoms with van der Waals surface area (Å²) in [7, 11) is 0. The molecule has 4 aliphatic heterocycles. The van der Waals surface area contributed by atoms with Crippen molar-refractivity contribution in [3.63, 3.8) is 0 Å². The molecular weight excluding hydrogens is 393 g/mol. The van der Waals surface area contributed by atoms with Crippen molar-refractivity contribution < 1.29 is 13.9 Å². The average Bonchev–Trinajstić information content (AvgIpc) is 3.12. The fraction of sp³-hybridized carbons (Fsp3) is 0.480. The highest BCUT2D eigenvalue weighted by molar-refractivity contribution is 5.70. The van der Waals surface area contributed by atoms with E-state index in [1.54, 1.807) is 12.1 Å². The number of benzene rings is 2. The van der Waals surface area contributed by atoms with Crippen LogP contribution in [0, 0.1) is 11.7 Å². The number of rotatable bonds is 3. The van der Waals surface area contributed by atoms with Gasteiger partial charge in [-0.3, -0.25) is 4.90 Å². The van der Waals surface area contributed by atoms with E-state index in [9.17, 15) is 9.18 Å². The molecule has 31 heavy (non-hydrogen) atoms. The Morgan fingerprint density at radius 1 is 0.903 bits per heavy atom. The molecule has 1 atom stereocenters. The molecule has 0 aliphatic carbocycles. The molecule has 4 fully saturated rings. The van der Waals surface area contributed by atoms with E-state index in [-0.39, 0.29) is 18.0 Å². The second-order valence-corrected chi connectivity index (χ2v) is 9.02. The zero-order valence-corrected chi connectivity index (χ0v) is 17.9. The van der Waals surface area contributed by atoms with Crippen LogP contribution in [0.2, 0.25) is 0 Å². The van der Waals surface area contributed by atoms with Crippen LogP contribution < -0.4 is 4.90 Å². The van der Waals surface area contributed by atoms with Crippen molar-refractivity contribution >= 4 is 11.8 Å². The lowest BCUT2D eigenvalue weighted by Gasteiger charge is -2.36. The highest BCUT2D eigenvalue weighted by atomic mass is 19.1. The van der Waals surface area contributed by atoms with Crippen LogP contribution in [0.3, 0.4) is 0 Å². The maximum atomic E-state index is 13.2. The van der Waals surface area contributed by atoms with E-state index in [1.165, 1.54) is 25.0 Å². The molecular formula is C25H30FN3O2. The number of hydrogen-bond acceptors (Lipinski definition) is 4. The molecule has 0 radical (unpaired) electrons. The second kappa shape index (κ2) is 8.87. The van der Waals surface area contributed by atoms with Gasteiger partial charge in [-0.2, -0.15) is 0 Å². The van der Waals surface area contributed by atoms with Gasteiger partial charge in [0.25, 0.3) is 0 Å². The quantitative estimate of drug-likeness (QED) is 0.740. The summed E-state index contributed by atoms with van der Waals surface area (Å²) in [5, 5.41) is 0. The van der Waals surface area contributed by atoms with Gasteiger partial charge in [-0.05, 0) is 73.7 Å². The van der Waals surface area contributed by atoms with E-state index in [1.807, 2.05) is 17.0 Å². The Kier molecular flexibility index (Phi) is 5.81. The minimum Gasteiger partial charge on any atom is -0.445 e. The average molecular weight is 424 g/mol. The van der Waals surface area contributed by atoms with E-state index in [4.69, 9.17) is 4.74 Å². The van der Waals surface area contributed by atoms with Gasteiger partial charge in [0.05, 0.1) is 0 Å². The summed E-state index contributed by atoms with van der Waals surface area (Å²) in [4.78, 5) is 19.3. The third kappa shape index (κ3) is 4.69. The number of piperazine rings is 1. The summed E-state index contributed by atoms with van der Waals surface area (Å²) < 4.78 is 19.1. The van der Waals surface area contributed by atoms with Crippen LogP contribution in [0.1, 0.15) is 19.3 Å². The van der Waals surface area contributed by atoms with Gasteiger partial charge < -0.3 is 14.5 Å². The van der Waals surface area contributed by atoms with Crippen LogP contribution in [-0.4, -0.2) is 67.8 Å². The molecule has 4 aliphatic rings. The van der Waals surface area contributed by atoms with Gasteiger partial charge in [0.15, 0.2) is 0 Å². The van der Waals surface area contributed by atoms with Gasteiger partial charge in [0.1, 0.15) is 11.9 Å². The zero-order chi connectivity index (χ0) is 21.2. The molecule has 1 unspecified atom stereocenters. The first kappa shape index (κ1) is 20.3. The number of ether oxygens (including phenoxy) is 1. The van der Waals surface area contributed by atoms with Gasteiger partial charge in [0.2, 0.25) is 0 Å². The number of carbonyl (C=O) groups is 1. The topological polar surface area (TPSA) is 36.0 Å². The Morgan fingerprint density at radius 2 is 1.65 bits per heavy atom. The molecule has 6 rings (SSSR count). The molecule has 0 saturated carbocycles. The number of nitrogens with zero attached hydrogens (tertiary/aromatic N) is 3. The van der Waals surface area contributed by atoms with Gasteiger partial charge in [-0.1, -0.05) is 24.3 Å². The minimum atomic E-state index is -0.225. The predicted octanol–water partition coefficient (Wildman–Crippen LogP) is 4.24. The summed E-state index contributed by atoms with van der Waals surface area (Å²) in [6, 6.07) is 14.9. The summed E-state index contributed by atoms with van der Waals surface area (Å²) in [6.07, 6.45) is 3.37. The fourth-order valence-corrected chi connectivity index (χ4v) is 5.11. The van der Waals surface area contributed by atoms with Crippen molar-refractivity contribution in [3.05, 3.63) is 54.3 Å². The molecule has 164 valence electrons. The summed E-state index contributed by atoms with van der Waals surface area (Å²) in [5.74, 6) is 0.485. The van der Waals surface area contributed by atoms with Crippen LogP contribution in [0.5, 0.6) is 0 Å². The molecule has 2 aromatic carbocycles. The van der Waals surface area contributed by atoms with Crippen molar-refractivity contribution in [1.29, 1.82) is 0 Å². The van der Waals surface area contributed by atoms with Crippen LogP contribution in [-0.2, 0) is 4.74 Å².